The maximum absolute atomic E-state index is 6.11. The van der Waals surface area contributed by atoms with Crippen LogP contribution in [0.25, 0.3) is 0 Å². The Morgan fingerprint density at radius 2 is 2.00 bits per heavy atom. The predicted octanol–water partition coefficient (Wildman–Crippen LogP) is 1.78. The van der Waals surface area contributed by atoms with Crippen LogP contribution >= 0.6 is 0 Å². The predicted molar refractivity (Wildman–Crippen MR) is 82.1 cm³/mol. The second kappa shape index (κ2) is 5.20. The molecule has 0 aromatic carbocycles. The van der Waals surface area contributed by atoms with E-state index in [-0.39, 0.29) is 0 Å². The van der Waals surface area contributed by atoms with Gasteiger partial charge >= 0.3 is 0 Å². The van der Waals surface area contributed by atoms with E-state index in [0.717, 1.165) is 30.3 Å². The molecule has 3 rings (SSSR count). The van der Waals surface area contributed by atoms with Crippen molar-refractivity contribution in [1.29, 1.82) is 0 Å². The summed E-state index contributed by atoms with van der Waals surface area (Å²) in [5, 5.41) is 0. The second-order valence-electron chi connectivity index (χ2n) is 6.44. The topological polar surface area (TPSA) is 58.3 Å². The summed E-state index contributed by atoms with van der Waals surface area (Å²) < 4.78 is 0. The molecule has 2 fully saturated rings. The maximum atomic E-state index is 6.11. The van der Waals surface area contributed by atoms with E-state index in [2.05, 4.69) is 28.9 Å². The molecule has 110 valence electrons. The molecular weight excluding hydrogens is 250 g/mol. The Bertz CT molecular complexity index is 495. The van der Waals surface area contributed by atoms with Gasteiger partial charge in [0.1, 0.15) is 17.5 Å². The highest BCUT2D eigenvalue weighted by Gasteiger charge is 2.32. The summed E-state index contributed by atoms with van der Waals surface area (Å²) in [6.07, 6.45) is 4.90. The van der Waals surface area contributed by atoms with E-state index in [9.17, 15) is 0 Å². The first-order valence-electron chi connectivity index (χ1n) is 7.61. The van der Waals surface area contributed by atoms with Gasteiger partial charge in [0.2, 0.25) is 0 Å². The van der Waals surface area contributed by atoms with Crippen LogP contribution in [0.1, 0.15) is 43.0 Å². The van der Waals surface area contributed by atoms with Gasteiger partial charge in [0, 0.05) is 30.6 Å². The fourth-order valence-electron chi connectivity index (χ4n) is 3.07. The molecule has 1 aromatic heterocycles. The number of nitrogens with two attached hydrogens (primary N) is 1. The van der Waals surface area contributed by atoms with E-state index in [1.807, 2.05) is 6.92 Å². The third kappa shape index (κ3) is 2.59. The Labute approximate surface area is 121 Å². The third-order valence-electron chi connectivity index (χ3n) is 4.34. The number of hydrogen-bond acceptors (Lipinski definition) is 5. The highest BCUT2D eigenvalue weighted by Crippen LogP contribution is 2.40. The van der Waals surface area contributed by atoms with Gasteiger partial charge in [-0.1, -0.05) is 0 Å². The molecule has 20 heavy (non-hydrogen) atoms. The minimum atomic E-state index is 0.546. The standard InChI is InChI=1S/C15H25N5/c1-10-13(16)17-14(11-6-7-11)18-15(10)20-8-4-5-12(20)9-19(2)3/h11-12H,4-9H2,1-3H3,(H2,16,17,18). The van der Waals surface area contributed by atoms with Gasteiger partial charge in [-0.15, -0.1) is 0 Å². The highest BCUT2D eigenvalue weighted by atomic mass is 15.3. The van der Waals surface area contributed by atoms with E-state index in [4.69, 9.17) is 10.7 Å². The first kappa shape index (κ1) is 13.6. The molecule has 1 aliphatic heterocycles. The van der Waals surface area contributed by atoms with E-state index in [0.29, 0.717) is 17.8 Å². The zero-order valence-electron chi connectivity index (χ0n) is 12.8. The number of hydrogen-bond donors (Lipinski definition) is 1. The summed E-state index contributed by atoms with van der Waals surface area (Å²) in [5.41, 5.74) is 7.15. The Balaban J connectivity index is 1.91. The molecule has 1 unspecified atom stereocenters. The van der Waals surface area contributed by atoms with Gasteiger partial charge in [-0.25, -0.2) is 9.97 Å². The van der Waals surface area contributed by atoms with Crippen LogP contribution in [0.5, 0.6) is 0 Å². The Kier molecular flexibility index (Phi) is 3.54. The van der Waals surface area contributed by atoms with E-state index in [1.165, 1.54) is 25.7 Å². The van der Waals surface area contributed by atoms with E-state index >= 15 is 0 Å². The van der Waals surface area contributed by atoms with Gasteiger partial charge in [0.15, 0.2) is 0 Å². The molecule has 5 heteroatoms. The van der Waals surface area contributed by atoms with Gasteiger partial charge in [-0.3, -0.25) is 0 Å². The summed E-state index contributed by atoms with van der Waals surface area (Å²) in [4.78, 5) is 14.0. The van der Waals surface area contributed by atoms with Crippen molar-refractivity contribution in [2.24, 2.45) is 0 Å². The maximum Gasteiger partial charge on any atom is 0.137 e. The van der Waals surface area contributed by atoms with Crippen LogP contribution in [0.3, 0.4) is 0 Å². The van der Waals surface area contributed by atoms with Crippen molar-refractivity contribution in [1.82, 2.24) is 14.9 Å². The molecule has 5 nitrogen and oxygen atoms in total. The first-order chi connectivity index (χ1) is 9.56. The van der Waals surface area contributed by atoms with Crippen LogP contribution < -0.4 is 10.6 Å². The Hall–Kier alpha value is -1.36. The lowest BCUT2D eigenvalue weighted by Crippen LogP contribution is -2.38. The van der Waals surface area contributed by atoms with Crippen molar-refractivity contribution < 1.29 is 0 Å². The lowest BCUT2D eigenvalue weighted by molar-refractivity contribution is 0.371. The number of nitrogens with zero attached hydrogens (tertiary/aromatic N) is 4. The van der Waals surface area contributed by atoms with E-state index < -0.39 is 0 Å². The first-order valence-corrected chi connectivity index (χ1v) is 7.61. The molecular formula is C15H25N5. The van der Waals surface area contributed by atoms with Crippen LogP contribution in [0, 0.1) is 6.92 Å². The number of anilines is 2. The smallest absolute Gasteiger partial charge is 0.137 e. The van der Waals surface area contributed by atoms with Gasteiger partial charge in [-0.05, 0) is 46.7 Å². The summed E-state index contributed by atoms with van der Waals surface area (Å²) in [5.74, 6) is 3.24. The van der Waals surface area contributed by atoms with Gasteiger partial charge in [0.25, 0.3) is 0 Å². The van der Waals surface area contributed by atoms with Crippen LogP contribution in [0.15, 0.2) is 0 Å². The molecule has 0 bridgehead atoms. The molecule has 2 N–H and O–H groups in total. The summed E-state index contributed by atoms with van der Waals surface area (Å²) in [6, 6.07) is 0.546. The minimum Gasteiger partial charge on any atom is -0.383 e. The fraction of sp³-hybridized carbons (Fsp3) is 0.733. The van der Waals surface area contributed by atoms with Crippen molar-refractivity contribution in [3.63, 3.8) is 0 Å². The number of rotatable bonds is 4. The molecule has 1 atom stereocenters. The molecule has 1 saturated heterocycles. The number of nitrogen functional groups attached to an aromatic ring is 1. The van der Waals surface area contributed by atoms with Crippen molar-refractivity contribution >= 4 is 11.6 Å². The Morgan fingerprint density at radius 3 is 2.65 bits per heavy atom. The average molecular weight is 275 g/mol. The monoisotopic (exact) mass is 275 g/mol. The molecule has 2 heterocycles. The number of likely N-dealkylation sites (N-methyl/N-ethyl adjacent to an activating group) is 1. The van der Waals surface area contributed by atoms with Crippen molar-refractivity contribution in [2.45, 2.75) is 44.6 Å². The molecule has 1 aromatic rings. The highest BCUT2D eigenvalue weighted by molar-refractivity contribution is 5.58. The minimum absolute atomic E-state index is 0.546. The molecule has 1 aliphatic carbocycles. The van der Waals surface area contributed by atoms with Crippen LogP contribution in [-0.2, 0) is 0 Å². The number of aromatic nitrogens is 2. The third-order valence-corrected chi connectivity index (χ3v) is 4.34. The zero-order valence-corrected chi connectivity index (χ0v) is 12.8. The van der Waals surface area contributed by atoms with Crippen LogP contribution in [0.2, 0.25) is 0 Å². The lowest BCUT2D eigenvalue weighted by Gasteiger charge is -2.29. The Morgan fingerprint density at radius 1 is 1.25 bits per heavy atom. The quantitative estimate of drug-likeness (QED) is 0.907. The molecule has 0 amide bonds. The average Bonchev–Trinajstić information content (AvgIpc) is 3.14. The van der Waals surface area contributed by atoms with Crippen LogP contribution in [0.4, 0.5) is 11.6 Å². The summed E-state index contributed by atoms with van der Waals surface area (Å²) in [6.45, 7) is 4.20. The van der Waals surface area contributed by atoms with Gasteiger partial charge in [-0.2, -0.15) is 0 Å². The molecule has 1 saturated carbocycles. The SMILES string of the molecule is Cc1c(N)nc(C2CC2)nc1N1CCCC1CN(C)C. The van der Waals surface area contributed by atoms with Crippen molar-refractivity contribution in [3.05, 3.63) is 11.4 Å². The van der Waals surface area contributed by atoms with E-state index in [1.54, 1.807) is 0 Å². The largest absolute Gasteiger partial charge is 0.383 e. The van der Waals surface area contributed by atoms with Crippen LogP contribution in [-0.4, -0.2) is 48.1 Å². The molecule has 0 spiro atoms. The summed E-state index contributed by atoms with van der Waals surface area (Å²) >= 11 is 0. The lowest BCUT2D eigenvalue weighted by atomic mass is 10.2. The molecule has 0 radical (unpaired) electrons. The molecule has 2 aliphatic rings. The second-order valence-corrected chi connectivity index (χ2v) is 6.44. The van der Waals surface area contributed by atoms with Crippen molar-refractivity contribution in [3.8, 4) is 0 Å². The van der Waals surface area contributed by atoms with Gasteiger partial charge in [0.05, 0.1) is 0 Å². The zero-order chi connectivity index (χ0) is 14.3. The fourth-order valence-corrected chi connectivity index (χ4v) is 3.07. The normalized spacial score (nSPS) is 22.8. The van der Waals surface area contributed by atoms with Gasteiger partial charge < -0.3 is 15.5 Å². The van der Waals surface area contributed by atoms with Crippen molar-refractivity contribution in [2.75, 3.05) is 37.8 Å². The summed E-state index contributed by atoms with van der Waals surface area (Å²) in [7, 11) is 4.26.